The van der Waals surface area contributed by atoms with Gasteiger partial charge in [0.2, 0.25) is 0 Å². The quantitative estimate of drug-likeness (QED) is 0.445. The zero-order valence-corrected chi connectivity index (χ0v) is 13.2. The number of benzene rings is 1. The zero-order valence-electron chi connectivity index (χ0n) is 12.2. The molecule has 1 aromatic rings. The van der Waals surface area contributed by atoms with Crippen molar-refractivity contribution in [2.75, 3.05) is 0 Å². The highest BCUT2D eigenvalue weighted by molar-refractivity contribution is 6.87. The predicted octanol–water partition coefficient (Wildman–Crippen LogP) is 4.04. The number of ketones is 2. The molecule has 0 unspecified atom stereocenters. The second-order valence-corrected chi connectivity index (χ2v) is 10.8. The van der Waals surface area contributed by atoms with Gasteiger partial charge in [-0.25, -0.2) is 0 Å². The number of carbonyl (C=O) groups is 2. The normalized spacial score (nSPS) is 12.3. The summed E-state index contributed by atoms with van der Waals surface area (Å²) in [6.07, 6.45) is 2.91. The average Bonchev–Trinajstić information content (AvgIpc) is 2.35. The Hall–Kier alpha value is -1.48. The molecule has 0 atom stereocenters. The fourth-order valence-corrected chi connectivity index (χ4v) is 3.42. The van der Waals surface area contributed by atoms with Crippen molar-refractivity contribution in [2.24, 2.45) is 0 Å². The third-order valence-electron chi connectivity index (χ3n) is 2.92. The molecule has 0 spiro atoms. The SMILES string of the molecule is CCCC(=O)/C(=C/C(=O)c1ccccc1)[Si](C)(C)C. The van der Waals surface area contributed by atoms with Crippen LogP contribution in [0.2, 0.25) is 19.6 Å². The number of hydrogen-bond acceptors (Lipinski definition) is 2. The van der Waals surface area contributed by atoms with Gasteiger partial charge in [0.25, 0.3) is 0 Å². The van der Waals surface area contributed by atoms with Crippen LogP contribution in [0, 0.1) is 0 Å². The van der Waals surface area contributed by atoms with E-state index >= 15 is 0 Å². The summed E-state index contributed by atoms with van der Waals surface area (Å²) in [6, 6.07) is 9.12. The Morgan fingerprint density at radius 3 is 2.16 bits per heavy atom. The summed E-state index contributed by atoms with van der Waals surface area (Å²) in [5, 5.41) is 0.753. The van der Waals surface area contributed by atoms with E-state index in [0.29, 0.717) is 12.0 Å². The largest absolute Gasteiger partial charge is 0.295 e. The smallest absolute Gasteiger partial charge is 0.185 e. The highest BCUT2D eigenvalue weighted by Crippen LogP contribution is 2.19. The molecule has 3 heteroatoms. The van der Waals surface area contributed by atoms with Crippen molar-refractivity contribution >= 4 is 19.6 Å². The summed E-state index contributed by atoms with van der Waals surface area (Å²) in [4.78, 5) is 24.4. The molecule has 0 aliphatic carbocycles. The maximum absolute atomic E-state index is 12.2. The molecule has 0 radical (unpaired) electrons. The molecule has 0 aliphatic heterocycles. The van der Waals surface area contributed by atoms with E-state index in [0.717, 1.165) is 11.6 Å². The van der Waals surface area contributed by atoms with Gasteiger partial charge in [-0.3, -0.25) is 9.59 Å². The first-order valence-corrected chi connectivity index (χ1v) is 10.2. The van der Waals surface area contributed by atoms with Gasteiger partial charge in [-0.2, -0.15) is 0 Å². The van der Waals surface area contributed by atoms with Crippen LogP contribution >= 0.6 is 0 Å². The highest BCUT2D eigenvalue weighted by atomic mass is 28.3. The average molecular weight is 274 g/mol. The summed E-state index contributed by atoms with van der Waals surface area (Å²) in [6.45, 7) is 8.29. The lowest BCUT2D eigenvalue weighted by Crippen LogP contribution is -2.30. The third kappa shape index (κ3) is 4.60. The van der Waals surface area contributed by atoms with E-state index < -0.39 is 8.07 Å². The van der Waals surface area contributed by atoms with Gasteiger partial charge in [0.05, 0.1) is 8.07 Å². The van der Waals surface area contributed by atoms with Gasteiger partial charge in [-0.15, -0.1) is 0 Å². The molecule has 2 nitrogen and oxygen atoms in total. The minimum Gasteiger partial charge on any atom is -0.295 e. The second kappa shape index (κ2) is 6.62. The maximum Gasteiger partial charge on any atom is 0.185 e. The minimum absolute atomic E-state index is 0.0671. The van der Waals surface area contributed by atoms with E-state index in [4.69, 9.17) is 0 Å². The number of carbonyl (C=O) groups excluding carboxylic acids is 2. The predicted molar refractivity (Wildman–Crippen MR) is 82.1 cm³/mol. The molecule has 0 N–H and O–H groups in total. The molecule has 0 fully saturated rings. The lowest BCUT2D eigenvalue weighted by atomic mass is 10.1. The third-order valence-corrected chi connectivity index (χ3v) is 4.96. The van der Waals surface area contributed by atoms with E-state index in [1.807, 2.05) is 25.1 Å². The van der Waals surface area contributed by atoms with E-state index in [1.54, 1.807) is 18.2 Å². The highest BCUT2D eigenvalue weighted by Gasteiger charge is 2.26. The van der Waals surface area contributed by atoms with Crippen LogP contribution in [-0.4, -0.2) is 19.6 Å². The summed E-state index contributed by atoms with van der Waals surface area (Å²) < 4.78 is 0. The fourth-order valence-electron chi connectivity index (χ4n) is 1.89. The van der Waals surface area contributed by atoms with Crippen LogP contribution in [0.4, 0.5) is 0 Å². The van der Waals surface area contributed by atoms with Gasteiger partial charge in [0.15, 0.2) is 11.6 Å². The van der Waals surface area contributed by atoms with Crippen LogP contribution in [0.1, 0.15) is 30.1 Å². The molecule has 0 saturated heterocycles. The molecular formula is C16H22O2Si. The summed E-state index contributed by atoms with van der Waals surface area (Å²) in [5.74, 6) is 0.0634. The minimum atomic E-state index is -1.79. The Bertz CT molecular complexity index is 481. The van der Waals surface area contributed by atoms with Crippen LogP contribution < -0.4 is 0 Å². The van der Waals surface area contributed by atoms with E-state index in [9.17, 15) is 9.59 Å². The van der Waals surface area contributed by atoms with Gasteiger partial charge in [0.1, 0.15) is 0 Å². The maximum atomic E-state index is 12.2. The van der Waals surface area contributed by atoms with Crippen LogP contribution in [0.3, 0.4) is 0 Å². The van der Waals surface area contributed by atoms with Crippen LogP contribution in [0.25, 0.3) is 0 Å². The standard InChI is InChI=1S/C16H22O2Si/c1-5-9-14(17)16(19(2,3)4)12-15(18)13-10-7-6-8-11-13/h6-8,10-12H,5,9H2,1-4H3/b16-12-. The zero-order chi connectivity index (χ0) is 14.5. The molecule has 0 aliphatic rings. The van der Waals surface area contributed by atoms with Crippen LogP contribution in [-0.2, 0) is 4.79 Å². The van der Waals surface area contributed by atoms with Gasteiger partial charge in [-0.1, -0.05) is 56.9 Å². The fraction of sp³-hybridized carbons (Fsp3) is 0.375. The van der Waals surface area contributed by atoms with Crippen LogP contribution in [0.15, 0.2) is 41.6 Å². The second-order valence-electron chi connectivity index (χ2n) is 5.71. The first-order valence-electron chi connectivity index (χ1n) is 6.71. The molecule has 0 aromatic heterocycles. The van der Waals surface area contributed by atoms with Gasteiger partial charge in [0, 0.05) is 12.0 Å². The monoisotopic (exact) mass is 274 g/mol. The number of hydrogen-bond donors (Lipinski definition) is 0. The van der Waals surface area contributed by atoms with E-state index in [1.165, 1.54) is 0 Å². The number of rotatable bonds is 6. The Morgan fingerprint density at radius 1 is 1.11 bits per heavy atom. The summed E-state index contributed by atoms with van der Waals surface area (Å²) in [7, 11) is -1.79. The van der Waals surface area contributed by atoms with Crippen molar-refractivity contribution in [2.45, 2.75) is 39.4 Å². The van der Waals surface area contributed by atoms with Gasteiger partial charge < -0.3 is 0 Å². The Labute approximate surface area is 116 Å². The van der Waals surface area contributed by atoms with E-state index in [2.05, 4.69) is 19.6 Å². The molecule has 1 aromatic carbocycles. The number of Topliss-reactive ketones (excluding diaryl/α,β-unsaturated/α-hetero) is 1. The van der Waals surface area contributed by atoms with Crippen molar-refractivity contribution in [3.63, 3.8) is 0 Å². The molecule has 102 valence electrons. The molecule has 0 amide bonds. The van der Waals surface area contributed by atoms with E-state index in [-0.39, 0.29) is 11.6 Å². The van der Waals surface area contributed by atoms with Crippen molar-refractivity contribution in [1.82, 2.24) is 0 Å². The molecule has 0 heterocycles. The molecule has 1 rings (SSSR count). The summed E-state index contributed by atoms with van der Waals surface area (Å²) in [5.41, 5.74) is 0.641. The lowest BCUT2D eigenvalue weighted by Gasteiger charge is -2.19. The topological polar surface area (TPSA) is 34.1 Å². The lowest BCUT2D eigenvalue weighted by molar-refractivity contribution is -0.115. The molecular weight excluding hydrogens is 252 g/mol. The Balaban J connectivity index is 3.08. The van der Waals surface area contributed by atoms with Gasteiger partial charge in [-0.05, 0) is 17.7 Å². The van der Waals surface area contributed by atoms with Gasteiger partial charge >= 0.3 is 0 Å². The van der Waals surface area contributed by atoms with Crippen molar-refractivity contribution in [1.29, 1.82) is 0 Å². The molecule has 0 saturated carbocycles. The van der Waals surface area contributed by atoms with Crippen molar-refractivity contribution in [3.8, 4) is 0 Å². The number of allylic oxidation sites excluding steroid dienone is 2. The van der Waals surface area contributed by atoms with Crippen molar-refractivity contribution < 1.29 is 9.59 Å². The first kappa shape index (κ1) is 15.6. The van der Waals surface area contributed by atoms with Crippen LogP contribution in [0.5, 0.6) is 0 Å². The molecule has 0 bridgehead atoms. The first-order chi connectivity index (χ1) is 8.86. The summed E-state index contributed by atoms with van der Waals surface area (Å²) >= 11 is 0. The Morgan fingerprint density at radius 2 is 1.68 bits per heavy atom. The van der Waals surface area contributed by atoms with Crippen molar-refractivity contribution in [3.05, 3.63) is 47.2 Å². The Kier molecular flexibility index (Phi) is 5.42. The molecule has 19 heavy (non-hydrogen) atoms.